The van der Waals surface area contributed by atoms with Crippen molar-refractivity contribution in [3.8, 4) is 0 Å². The number of carbonyl (C=O) groups excluding carboxylic acids is 2. The second-order valence-corrected chi connectivity index (χ2v) is 6.08. The molecule has 0 saturated carbocycles. The molecule has 1 amide bonds. The van der Waals surface area contributed by atoms with Crippen molar-refractivity contribution < 1.29 is 9.59 Å². The van der Waals surface area contributed by atoms with E-state index in [-0.39, 0.29) is 0 Å². The third-order valence-electron chi connectivity index (χ3n) is 3.53. The highest BCUT2D eigenvalue weighted by molar-refractivity contribution is 9.10. The van der Waals surface area contributed by atoms with Crippen LogP contribution < -0.4 is 4.90 Å². The van der Waals surface area contributed by atoms with E-state index in [0.717, 1.165) is 21.3 Å². The van der Waals surface area contributed by atoms with E-state index in [4.69, 9.17) is 0 Å². The number of benzene rings is 1. The van der Waals surface area contributed by atoms with Crippen LogP contribution in [-0.4, -0.2) is 16.7 Å². The Morgan fingerprint density at radius 3 is 2.62 bits per heavy atom. The van der Waals surface area contributed by atoms with Gasteiger partial charge >= 0.3 is 0 Å². The van der Waals surface area contributed by atoms with E-state index in [0.29, 0.717) is 17.8 Å². The number of rotatable bonds is 2. The molecule has 1 aromatic carbocycles. The maximum atomic E-state index is 12.2. The zero-order chi connectivity index (χ0) is 15.1. The zero-order valence-corrected chi connectivity index (χ0v) is 13.3. The zero-order valence-electron chi connectivity index (χ0n) is 11.7. The minimum absolute atomic E-state index is 0.299. The number of nitrogens with zero attached hydrogens (tertiary/aromatic N) is 2. The molecule has 2 aromatic rings. The third-order valence-corrected chi connectivity index (χ3v) is 3.99. The highest BCUT2D eigenvalue weighted by Gasteiger charge is 2.37. The van der Waals surface area contributed by atoms with Gasteiger partial charge in [0.2, 0.25) is 0 Å². The number of hydrogen-bond acceptors (Lipinski definition) is 3. The fourth-order valence-corrected chi connectivity index (χ4v) is 2.85. The van der Waals surface area contributed by atoms with Crippen LogP contribution in [-0.2, 0) is 11.3 Å². The molecule has 0 bridgehead atoms. The standard InChI is InChI=1S/C16H13BrN2O2/c1-9-5-10(2)14-13(6-9)19(16(21)15(14)20)8-12-4-3-11(17)7-18-12/h3-7H,8H2,1-2H3. The van der Waals surface area contributed by atoms with Crippen LogP contribution in [0.1, 0.15) is 27.2 Å². The van der Waals surface area contributed by atoms with Crippen molar-refractivity contribution in [2.24, 2.45) is 0 Å². The topological polar surface area (TPSA) is 50.3 Å². The SMILES string of the molecule is Cc1cc(C)c2c(c1)N(Cc1ccc(Br)cn1)C(=O)C2=O. The Morgan fingerprint density at radius 2 is 1.95 bits per heavy atom. The summed E-state index contributed by atoms with van der Waals surface area (Å²) in [5.41, 5.74) is 3.82. The van der Waals surface area contributed by atoms with E-state index in [1.165, 1.54) is 4.90 Å². The van der Waals surface area contributed by atoms with Crippen molar-refractivity contribution in [1.82, 2.24) is 4.98 Å². The molecule has 5 heteroatoms. The number of Topliss-reactive ketones (excluding diaryl/α,β-unsaturated/α-hetero) is 1. The van der Waals surface area contributed by atoms with Crippen molar-refractivity contribution in [1.29, 1.82) is 0 Å². The number of ketones is 1. The molecule has 0 radical (unpaired) electrons. The Kier molecular flexibility index (Phi) is 3.37. The molecule has 0 fully saturated rings. The number of anilines is 1. The molecule has 4 nitrogen and oxygen atoms in total. The van der Waals surface area contributed by atoms with Crippen LogP contribution in [0.4, 0.5) is 5.69 Å². The second-order valence-electron chi connectivity index (χ2n) is 5.16. The van der Waals surface area contributed by atoms with E-state index in [1.54, 1.807) is 6.20 Å². The molecule has 0 aliphatic carbocycles. The summed E-state index contributed by atoms with van der Waals surface area (Å²) in [7, 11) is 0. The molecule has 0 spiro atoms. The molecule has 106 valence electrons. The van der Waals surface area contributed by atoms with Crippen molar-refractivity contribution in [3.63, 3.8) is 0 Å². The van der Waals surface area contributed by atoms with Crippen molar-refractivity contribution in [2.45, 2.75) is 20.4 Å². The van der Waals surface area contributed by atoms with Gasteiger partial charge in [-0.1, -0.05) is 6.07 Å². The molecular formula is C16H13BrN2O2. The lowest BCUT2D eigenvalue weighted by molar-refractivity contribution is -0.114. The predicted molar refractivity (Wildman–Crippen MR) is 83.4 cm³/mol. The summed E-state index contributed by atoms with van der Waals surface area (Å²) < 4.78 is 0.877. The number of hydrogen-bond donors (Lipinski definition) is 0. The summed E-state index contributed by atoms with van der Waals surface area (Å²) in [5, 5.41) is 0. The molecule has 1 aliphatic rings. The summed E-state index contributed by atoms with van der Waals surface area (Å²) in [5.74, 6) is -0.914. The summed E-state index contributed by atoms with van der Waals surface area (Å²) in [6.45, 7) is 4.11. The summed E-state index contributed by atoms with van der Waals surface area (Å²) >= 11 is 3.33. The van der Waals surface area contributed by atoms with Gasteiger partial charge in [0, 0.05) is 10.7 Å². The highest BCUT2D eigenvalue weighted by atomic mass is 79.9. The van der Waals surface area contributed by atoms with Crippen LogP contribution in [0.5, 0.6) is 0 Å². The Labute approximate surface area is 130 Å². The molecule has 0 saturated heterocycles. The fourth-order valence-electron chi connectivity index (χ4n) is 2.61. The molecule has 21 heavy (non-hydrogen) atoms. The van der Waals surface area contributed by atoms with E-state index in [9.17, 15) is 9.59 Å². The Balaban J connectivity index is 2.03. The fraction of sp³-hybridized carbons (Fsp3) is 0.188. The average molecular weight is 345 g/mol. The maximum absolute atomic E-state index is 12.2. The van der Waals surface area contributed by atoms with Gasteiger partial charge < -0.3 is 0 Å². The van der Waals surface area contributed by atoms with Gasteiger partial charge in [-0.05, 0) is 59.1 Å². The third kappa shape index (κ3) is 2.38. The number of carbonyl (C=O) groups is 2. The van der Waals surface area contributed by atoms with Gasteiger partial charge in [0.25, 0.3) is 11.7 Å². The first-order valence-electron chi connectivity index (χ1n) is 6.55. The van der Waals surface area contributed by atoms with E-state index in [1.807, 2.05) is 38.1 Å². The Morgan fingerprint density at radius 1 is 1.19 bits per heavy atom. The Bertz CT molecular complexity index is 754. The van der Waals surface area contributed by atoms with Crippen molar-refractivity contribution in [3.05, 3.63) is 57.3 Å². The normalized spacial score (nSPS) is 13.8. The van der Waals surface area contributed by atoms with Crippen LogP contribution in [0.15, 0.2) is 34.9 Å². The van der Waals surface area contributed by atoms with Crippen LogP contribution >= 0.6 is 15.9 Å². The van der Waals surface area contributed by atoms with Crippen LogP contribution in [0, 0.1) is 13.8 Å². The quantitative estimate of drug-likeness (QED) is 0.786. The monoisotopic (exact) mass is 344 g/mol. The first-order chi connectivity index (χ1) is 9.97. The number of amides is 1. The summed E-state index contributed by atoms with van der Waals surface area (Å²) in [4.78, 5) is 30.2. The van der Waals surface area contributed by atoms with Gasteiger partial charge in [-0.25, -0.2) is 0 Å². The molecule has 0 unspecified atom stereocenters. The van der Waals surface area contributed by atoms with Crippen LogP contribution in [0.3, 0.4) is 0 Å². The van der Waals surface area contributed by atoms with Gasteiger partial charge in [0.05, 0.1) is 23.5 Å². The highest BCUT2D eigenvalue weighted by Crippen LogP contribution is 2.33. The molecule has 3 rings (SSSR count). The number of fused-ring (bicyclic) bond motifs is 1. The van der Waals surface area contributed by atoms with Gasteiger partial charge in [-0.15, -0.1) is 0 Å². The van der Waals surface area contributed by atoms with E-state index < -0.39 is 11.7 Å². The number of halogens is 1. The van der Waals surface area contributed by atoms with Gasteiger partial charge in [0.1, 0.15) is 0 Å². The average Bonchev–Trinajstić information content (AvgIpc) is 2.66. The van der Waals surface area contributed by atoms with Crippen molar-refractivity contribution in [2.75, 3.05) is 4.90 Å². The number of aryl methyl sites for hydroxylation is 2. The summed E-state index contributed by atoms with van der Waals surface area (Å²) in [6, 6.07) is 7.50. The molecule has 2 heterocycles. The molecule has 0 atom stereocenters. The summed E-state index contributed by atoms with van der Waals surface area (Å²) in [6.07, 6.45) is 1.68. The number of pyridine rings is 1. The smallest absolute Gasteiger partial charge is 0.299 e. The first kappa shape index (κ1) is 13.9. The molecule has 1 aliphatic heterocycles. The van der Waals surface area contributed by atoms with Crippen LogP contribution in [0.25, 0.3) is 0 Å². The minimum Gasteiger partial charge on any atom is -0.299 e. The maximum Gasteiger partial charge on any atom is 0.299 e. The second kappa shape index (κ2) is 5.07. The van der Waals surface area contributed by atoms with E-state index >= 15 is 0 Å². The minimum atomic E-state index is -0.483. The van der Waals surface area contributed by atoms with Crippen LogP contribution in [0.2, 0.25) is 0 Å². The lowest BCUT2D eigenvalue weighted by Crippen LogP contribution is -2.29. The molecule has 0 N–H and O–H groups in total. The van der Waals surface area contributed by atoms with E-state index in [2.05, 4.69) is 20.9 Å². The molecular weight excluding hydrogens is 332 g/mol. The number of aromatic nitrogens is 1. The lowest BCUT2D eigenvalue weighted by Gasteiger charge is -2.17. The largest absolute Gasteiger partial charge is 0.299 e. The van der Waals surface area contributed by atoms with Gasteiger partial charge in [-0.2, -0.15) is 0 Å². The lowest BCUT2D eigenvalue weighted by atomic mass is 10.0. The Hall–Kier alpha value is -2.01. The van der Waals surface area contributed by atoms with Gasteiger partial charge in [0.15, 0.2) is 0 Å². The first-order valence-corrected chi connectivity index (χ1v) is 7.34. The van der Waals surface area contributed by atoms with Crippen molar-refractivity contribution >= 4 is 33.3 Å². The van der Waals surface area contributed by atoms with Gasteiger partial charge in [-0.3, -0.25) is 19.5 Å². The molecule has 1 aromatic heterocycles. The predicted octanol–water partition coefficient (Wildman–Crippen LogP) is 3.19.